The Hall–Kier alpha value is -2.50. The second-order valence-electron chi connectivity index (χ2n) is 5.01. The van der Waals surface area contributed by atoms with Crippen molar-refractivity contribution in [2.24, 2.45) is 0 Å². The molecule has 23 heavy (non-hydrogen) atoms. The van der Waals surface area contributed by atoms with E-state index in [1.54, 1.807) is 19.2 Å². The van der Waals surface area contributed by atoms with Crippen molar-refractivity contribution >= 4 is 17.3 Å². The summed E-state index contributed by atoms with van der Waals surface area (Å²) in [6, 6.07) is 14.3. The van der Waals surface area contributed by atoms with Gasteiger partial charge >= 0.3 is 6.18 Å². The number of hydrogen-bond donors (Lipinski definition) is 1. The zero-order valence-electron chi connectivity index (χ0n) is 12.6. The second-order valence-corrected chi connectivity index (χ2v) is 5.01. The molecule has 122 valence electrons. The van der Waals surface area contributed by atoms with Gasteiger partial charge in [0.05, 0.1) is 5.56 Å². The average Bonchev–Trinajstić information content (AvgIpc) is 2.54. The lowest BCUT2D eigenvalue weighted by Crippen LogP contribution is -2.28. The molecule has 6 heteroatoms. The van der Waals surface area contributed by atoms with Crippen molar-refractivity contribution in [3.63, 3.8) is 0 Å². The maximum Gasteiger partial charge on any atom is 0.418 e. The van der Waals surface area contributed by atoms with Gasteiger partial charge in [0.2, 0.25) is 5.91 Å². The lowest BCUT2D eigenvalue weighted by atomic mass is 10.1. The molecule has 0 unspecified atom stereocenters. The fourth-order valence-corrected chi connectivity index (χ4v) is 2.15. The van der Waals surface area contributed by atoms with Crippen LogP contribution in [0.2, 0.25) is 0 Å². The number of carbonyl (C=O) groups is 1. The first-order valence-electron chi connectivity index (χ1n) is 7.11. The molecule has 0 aromatic heterocycles. The lowest BCUT2D eigenvalue weighted by Gasteiger charge is -2.18. The number of carbonyl (C=O) groups excluding carboxylic acids is 1. The Kier molecular flexibility index (Phi) is 5.26. The molecule has 0 radical (unpaired) electrons. The predicted octanol–water partition coefficient (Wildman–Crippen LogP) is 4.17. The van der Waals surface area contributed by atoms with E-state index in [4.69, 9.17) is 0 Å². The first kappa shape index (κ1) is 16.9. The van der Waals surface area contributed by atoms with Crippen LogP contribution in [-0.2, 0) is 11.0 Å². The molecule has 3 nitrogen and oxygen atoms in total. The van der Waals surface area contributed by atoms with E-state index >= 15 is 0 Å². The van der Waals surface area contributed by atoms with Crippen LogP contribution in [0.25, 0.3) is 0 Å². The fourth-order valence-electron chi connectivity index (χ4n) is 2.15. The van der Waals surface area contributed by atoms with Gasteiger partial charge in [0.25, 0.3) is 0 Å². The minimum Gasteiger partial charge on any atom is -0.384 e. The maximum absolute atomic E-state index is 12.9. The van der Waals surface area contributed by atoms with Crippen molar-refractivity contribution in [3.05, 3.63) is 60.2 Å². The Morgan fingerprint density at radius 1 is 1.04 bits per heavy atom. The summed E-state index contributed by atoms with van der Waals surface area (Å²) in [6.07, 6.45) is -4.33. The summed E-state index contributed by atoms with van der Waals surface area (Å²) < 4.78 is 38.6. The minimum absolute atomic E-state index is 0.0184. The highest BCUT2D eigenvalue weighted by atomic mass is 19.4. The van der Waals surface area contributed by atoms with Crippen LogP contribution < -0.4 is 10.2 Å². The van der Waals surface area contributed by atoms with Crippen LogP contribution in [0.15, 0.2) is 54.6 Å². The van der Waals surface area contributed by atoms with Crippen LogP contribution in [-0.4, -0.2) is 19.5 Å². The minimum atomic E-state index is -4.42. The van der Waals surface area contributed by atoms with Crippen LogP contribution in [0.5, 0.6) is 0 Å². The van der Waals surface area contributed by atoms with E-state index in [2.05, 4.69) is 5.32 Å². The van der Waals surface area contributed by atoms with Crippen LogP contribution in [0, 0.1) is 0 Å². The van der Waals surface area contributed by atoms with Gasteiger partial charge in [-0.1, -0.05) is 30.3 Å². The molecule has 0 aliphatic rings. The van der Waals surface area contributed by atoms with E-state index < -0.39 is 11.7 Å². The van der Waals surface area contributed by atoms with Crippen molar-refractivity contribution < 1.29 is 18.0 Å². The van der Waals surface area contributed by atoms with Crippen LogP contribution in [0.1, 0.15) is 12.0 Å². The fraction of sp³-hybridized carbons (Fsp3) is 0.235. The maximum atomic E-state index is 12.9. The van der Waals surface area contributed by atoms with Crippen molar-refractivity contribution in [2.45, 2.75) is 12.6 Å². The van der Waals surface area contributed by atoms with Crippen LogP contribution in [0.3, 0.4) is 0 Å². The van der Waals surface area contributed by atoms with E-state index in [0.29, 0.717) is 0 Å². The van der Waals surface area contributed by atoms with Gasteiger partial charge in [-0.3, -0.25) is 4.79 Å². The summed E-state index contributed by atoms with van der Waals surface area (Å²) >= 11 is 0. The van der Waals surface area contributed by atoms with Gasteiger partial charge in [-0.2, -0.15) is 13.2 Å². The van der Waals surface area contributed by atoms with Crippen molar-refractivity contribution in [1.82, 2.24) is 0 Å². The predicted molar refractivity (Wildman–Crippen MR) is 84.4 cm³/mol. The highest BCUT2D eigenvalue weighted by molar-refractivity contribution is 5.93. The standard InChI is InChI=1S/C17H17F3N2O/c1-22(13-7-3-2-4-8-13)16(23)11-12-21-15-10-6-5-9-14(15)17(18,19)20/h2-10,21H,11-12H2,1H3. The smallest absolute Gasteiger partial charge is 0.384 e. The number of nitrogens with zero attached hydrogens (tertiary/aromatic N) is 1. The van der Waals surface area contributed by atoms with Crippen molar-refractivity contribution in [3.8, 4) is 0 Å². The molecule has 0 fully saturated rings. The molecule has 1 amide bonds. The normalized spacial score (nSPS) is 11.1. The molecule has 2 aromatic carbocycles. The number of amides is 1. The Labute approximate surface area is 132 Å². The molecular weight excluding hydrogens is 305 g/mol. The third-order valence-corrected chi connectivity index (χ3v) is 3.40. The van der Waals surface area contributed by atoms with E-state index in [9.17, 15) is 18.0 Å². The monoisotopic (exact) mass is 322 g/mol. The van der Waals surface area contributed by atoms with Gasteiger partial charge in [0.1, 0.15) is 0 Å². The lowest BCUT2D eigenvalue weighted by molar-refractivity contribution is -0.137. The molecule has 0 spiro atoms. The number of para-hydroxylation sites is 2. The summed E-state index contributed by atoms with van der Waals surface area (Å²) in [5.74, 6) is -0.173. The zero-order chi connectivity index (χ0) is 16.9. The number of nitrogens with one attached hydrogen (secondary N) is 1. The van der Waals surface area contributed by atoms with E-state index in [-0.39, 0.29) is 24.6 Å². The third kappa shape index (κ3) is 4.48. The second kappa shape index (κ2) is 7.17. The molecular formula is C17H17F3N2O. The SMILES string of the molecule is CN(C(=O)CCNc1ccccc1C(F)(F)F)c1ccccc1. The van der Waals surface area contributed by atoms with Gasteiger partial charge in [0.15, 0.2) is 0 Å². The molecule has 0 atom stereocenters. The number of anilines is 2. The number of rotatable bonds is 5. The summed E-state index contributed by atoms with van der Waals surface area (Å²) in [5, 5.41) is 2.69. The first-order chi connectivity index (χ1) is 10.9. The van der Waals surface area contributed by atoms with Crippen LogP contribution >= 0.6 is 0 Å². The molecule has 0 saturated heterocycles. The number of alkyl halides is 3. The zero-order valence-corrected chi connectivity index (χ0v) is 12.6. The highest BCUT2D eigenvalue weighted by Gasteiger charge is 2.33. The van der Waals surface area contributed by atoms with Gasteiger partial charge in [0, 0.05) is 31.4 Å². The molecule has 0 aliphatic heterocycles. The Bertz CT molecular complexity index is 656. The van der Waals surface area contributed by atoms with E-state index in [1.807, 2.05) is 18.2 Å². The molecule has 0 bridgehead atoms. The summed E-state index contributed by atoms with van der Waals surface area (Å²) in [6.45, 7) is 0.128. The van der Waals surface area contributed by atoms with Gasteiger partial charge in [-0.15, -0.1) is 0 Å². The summed E-state index contributed by atoms with van der Waals surface area (Å²) in [7, 11) is 1.64. The number of halogens is 3. The number of benzene rings is 2. The molecule has 1 N–H and O–H groups in total. The Morgan fingerprint density at radius 2 is 1.65 bits per heavy atom. The Morgan fingerprint density at radius 3 is 2.30 bits per heavy atom. The highest BCUT2D eigenvalue weighted by Crippen LogP contribution is 2.34. The first-order valence-corrected chi connectivity index (χ1v) is 7.11. The molecule has 0 saturated carbocycles. The topological polar surface area (TPSA) is 32.3 Å². The van der Waals surface area contributed by atoms with Gasteiger partial charge in [-0.25, -0.2) is 0 Å². The van der Waals surface area contributed by atoms with Gasteiger partial charge in [-0.05, 0) is 24.3 Å². The van der Waals surface area contributed by atoms with Gasteiger partial charge < -0.3 is 10.2 Å². The summed E-state index contributed by atoms with van der Waals surface area (Å²) in [4.78, 5) is 13.6. The molecule has 0 aliphatic carbocycles. The summed E-state index contributed by atoms with van der Waals surface area (Å²) in [5.41, 5.74) is -0.00720. The van der Waals surface area contributed by atoms with Crippen molar-refractivity contribution in [2.75, 3.05) is 23.8 Å². The molecule has 2 aromatic rings. The third-order valence-electron chi connectivity index (χ3n) is 3.40. The van der Waals surface area contributed by atoms with Crippen LogP contribution in [0.4, 0.5) is 24.5 Å². The average molecular weight is 322 g/mol. The Balaban J connectivity index is 1.94. The number of hydrogen-bond acceptors (Lipinski definition) is 2. The van der Waals surface area contributed by atoms with E-state index in [0.717, 1.165) is 11.8 Å². The molecule has 0 heterocycles. The molecule has 2 rings (SSSR count). The quantitative estimate of drug-likeness (QED) is 0.896. The van der Waals surface area contributed by atoms with Crippen molar-refractivity contribution in [1.29, 1.82) is 0 Å². The van der Waals surface area contributed by atoms with E-state index in [1.165, 1.54) is 23.1 Å². The largest absolute Gasteiger partial charge is 0.418 e.